The fourth-order valence-electron chi connectivity index (χ4n) is 2.95. The Morgan fingerprint density at radius 2 is 2.04 bits per heavy atom. The Hall–Kier alpha value is -2.15. The topological polar surface area (TPSA) is 60.9 Å². The van der Waals surface area contributed by atoms with E-state index in [9.17, 15) is 14.7 Å². The smallest absolute Gasteiger partial charge is 0.295 e. The summed E-state index contributed by atoms with van der Waals surface area (Å²) in [7, 11) is 3.81. The molecule has 1 atom stereocenters. The second-order valence-corrected chi connectivity index (χ2v) is 7.74. The van der Waals surface area contributed by atoms with Crippen LogP contribution in [0.3, 0.4) is 0 Å². The number of hydrogen-bond acceptors (Lipinski definition) is 5. The summed E-state index contributed by atoms with van der Waals surface area (Å²) in [6.07, 6.45) is 0. The SMILES string of the molecule is CN(C)CCN1C(=O)C(=O)/C(=C(\O)c2cccc(Cl)c2)C1c1cccs1. The number of likely N-dealkylation sites (N-methyl/N-ethyl adjacent to an activating group) is 1. The molecule has 1 unspecified atom stereocenters. The highest BCUT2D eigenvalue weighted by atomic mass is 35.5. The molecule has 0 saturated carbocycles. The van der Waals surface area contributed by atoms with E-state index in [-0.39, 0.29) is 11.3 Å². The van der Waals surface area contributed by atoms with Crippen molar-refractivity contribution in [2.75, 3.05) is 27.2 Å². The van der Waals surface area contributed by atoms with E-state index in [1.807, 2.05) is 36.5 Å². The van der Waals surface area contributed by atoms with E-state index < -0.39 is 17.7 Å². The molecule has 26 heavy (non-hydrogen) atoms. The molecule has 0 bridgehead atoms. The molecule has 1 saturated heterocycles. The predicted octanol–water partition coefficient (Wildman–Crippen LogP) is 3.38. The third kappa shape index (κ3) is 3.53. The Labute approximate surface area is 161 Å². The number of rotatable bonds is 5. The fourth-order valence-corrected chi connectivity index (χ4v) is 3.99. The van der Waals surface area contributed by atoms with Gasteiger partial charge in [0.25, 0.3) is 11.7 Å². The summed E-state index contributed by atoms with van der Waals surface area (Å²) in [5.74, 6) is -1.45. The molecule has 1 N–H and O–H groups in total. The molecular weight excluding hydrogens is 372 g/mol. The lowest BCUT2D eigenvalue weighted by molar-refractivity contribution is -0.140. The van der Waals surface area contributed by atoms with E-state index in [1.54, 1.807) is 24.3 Å². The number of aliphatic hydroxyl groups excluding tert-OH is 1. The number of hydrogen-bond donors (Lipinski definition) is 1. The molecule has 2 heterocycles. The van der Waals surface area contributed by atoms with Gasteiger partial charge in [-0.25, -0.2) is 0 Å². The fraction of sp³-hybridized carbons (Fsp3) is 0.263. The maximum Gasteiger partial charge on any atom is 0.295 e. The van der Waals surface area contributed by atoms with Gasteiger partial charge in [-0.05, 0) is 37.7 Å². The van der Waals surface area contributed by atoms with Crippen LogP contribution in [0.15, 0.2) is 47.4 Å². The van der Waals surface area contributed by atoms with Crippen LogP contribution < -0.4 is 0 Å². The van der Waals surface area contributed by atoms with Crippen molar-refractivity contribution in [3.63, 3.8) is 0 Å². The van der Waals surface area contributed by atoms with Crippen molar-refractivity contribution in [1.29, 1.82) is 0 Å². The number of benzene rings is 1. The zero-order chi connectivity index (χ0) is 18.8. The number of thiophene rings is 1. The summed E-state index contributed by atoms with van der Waals surface area (Å²) >= 11 is 7.46. The van der Waals surface area contributed by atoms with E-state index in [0.717, 1.165) is 4.88 Å². The van der Waals surface area contributed by atoms with Gasteiger partial charge in [-0.15, -0.1) is 11.3 Å². The number of carbonyl (C=O) groups excluding carboxylic acids is 2. The van der Waals surface area contributed by atoms with Gasteiger partial charge in [0, 0.05) is 28.6 Å². The van der Waals surface area contributed by atoms with Crippen LogP contribution in [0.4, 0.5) is 0 Å². The van der Waals surface area contributed by atoms with E-state index in [1.165, 1.54) is 16.2 Å². The van der Waals surface area contributed by atoms with Crippen LogP contribution in [0.25, 0.3) is 5.76 Å². The molecule has 1 amide bonds. The molecule has 7 heteroatoms. The van der Waals surface area contributed by atoms with Crippen LogP contribution in [0, 0.1) is 0 Å². The van der Waals surface area contributed by atoms with Crippen molar-refractivity contribution >= 4 is 40.4 Å². The minimum Gasteiger partial charge on any atom is -0.507 e. The summed E-state index contributed by atoms with van der Waals surface area (Å²) in [6.45, 7) is 1.01. The Kier molecular flexibility index (Phi) is 5.46. The summed E-state index contributed by atoms with van der Waals surface area (Å²) in [5, 5.41) is 13.2. The van der Waals surface area contributed by atoms with E-state index in [2.05, 4.69) is 0 Å². The Balaban J connectivity index is 2.11. The second-order valence-electron chi connectivity index (χ2n) is 6.32. The number of halogens is 1. The average molecular weight is 391 g/mol. The Morgan fingerprint density at radius 3 is 2.65 bits per heavy atom. The first kappa shape index (κ1) is 18.6. The molecular formula is C19H19ClN2O3S. The van der Waals surface area contributed by atoms with Crippen LogP contribution in [-0.2, 0) is 9.59 Å². The van der Waals surface area contributed by atoms with Crippen molar-refractivity contribution in [1.82, 2.24) is 9.80 Å². The molecule has 3 rings (SSSR count). The highest BCUT2D eigenvalue weighted by Crippen LogP contribution is 2.41. The lowest BCUT2D eigenvalue weighted by Crippen LogP contribution is -2.35. The largest absolute Gasteiger partial charge is 0.507 e. The van der Waals surface area contributed by atoms with Crippen LogP contribution in [0.1, 0.15) is 16.5 Å². The first-order chi connectivity index (χ1) is 12.4. The Bertz CT molecular complexity index is 861. The van der Waals surface area contributed by atoms with Gasteiger partial charge < -0.3 is 14.9 Å². The normalized spacial score (nSPS) is 19.5. The molecule has 5 nitrogen and oxygen atoms in total. The zero-order valence-electron chi connectivity index (χ0n) is 14.5. The second kappa shape index (κ2) is 7.61. The zero-order valence-corrected chi connectivity index (χ0v) is 16.0. The van der Waals surface area contributed by atoms with Crippen LogP contribution in [-0.4, -0.2) is 53.8 Å². The summed E-state index contributed by atoms with van der Waals surface area (Å²) in [6, 6.07) is 9.77. The summed E-state index contributed by atoms with van der Waals surface area (Å²) in [4.78, 5) is 29.7. The van der Waals surface area contributed by atoms with Crippen LogP contribution in [0.2, 0.25) is 5.02 Å². The average Bonchev–Trinajstić information content (AvgIpc) is 3.20. The van der Waals surface area contributed by atoms with Gasteiger partial charge in [-0.3, -0.25) is 9.59 Å². The lowest BCUT2D eigenvalue weighted by Gasteiger charge is -2.25. The molecule has 1 aliphatic heterocycles. The highest BCUT2D eigenvalue weighted by molar-refractivity contribution is 7.10. The third-order valence-corrected chi connectivity index (χ3v) is 5.40. The van der Waals surface area contributed by atoms with Gasteiger partial charge in [0.1, 0.15) is 5.76 Å². The standard InChI is InChI=1S/C19H19ClN2O3S/c1-21(2)8-9-22-16(14-7-4-10-26-14)15(18(24)19(22)25)17(23)12-5-3-6-13(20)11-12/h3-7,10-11,16,23H,8-9H2,1-2H3/b17-15-. The minimum atomic E-state index is -0.667. The molecule has 1 aromatic heterocycles. The highest BCUT2D eigenvalue weighted by Gasteiger charge is 2.46. The molecule has 1 aliphatic rings. The number of Topliss-reactive ketones (excluding diaryl/α,β-unsaturated/α-hetero) is 1. The monoisotopic (exact) mass is 390 g/mol. The van der Waals surface area contributed by atoms with Gasteiger partial charge in [0.15, 0.2) is 0 Å². The van der Waals surface area contributed by atoms with Crippen molar-refractivity contribution in [3.05, 3.63) is 62.8 Å². The number of likely N-dealkylation sites (tertiary alicyclic amines) is 1. The first-order valence-electron chi connectivity index (χ1n) is 8.12. The number of aliphatic hydroxyl groups is 1. The van der Waals surface area contributed by atoms with Gasteiger partial charge >= 0.3 is 0 Å². The molecule has 0 spiro atoms. The van der Waals surface area contributed by atoms with Crippen molar-refractivity contribution in [2.45, 2.75) is 6.04 Å². The number of amides is 1. The molecule has 136 valence electrons. The number of nitrogens with zero attached hydrogens (tertiary/aromatic N) is 2. The first-order valence-corrected chi connectivity index (χ1v) is 9.38. The van der Waals surface area contributed by atoms with Gasteiger partial charge in [0.2, 0.25) is 0 Å². The van der Waals surface area contributed by atoms with E-state index in [0.29, 0.717) is 23.7 Å². The predicted molar refractivity (Wildman–Crippen MR) is 103 cm³/mol. The maximum atomic E-state index is 12.7. The molecule has 0 radical (unpaired) electrons. The van der Waals surface area contributed by atoms with Crippen LogP contribution in [0.5, 0.6) is 0 Å². The van der Waals surface area contributed by atoms with Crippen LogP contribution >= 0.6 is 22.9 Å². The van der Waals surface area contributed by atoms with Crippen molar-refractivity contribution < 1.29 is 14.7 Å². The van der Waals surface area contributed by atoms with Gasteiger partial charge in [-0.1, -0.05) is 29.8 Å². The summed E-state index contributed by atoms with van der Waals surface area (Å²) in [5.41, 5.74) is 0.531. The molecule has 2 aromatic rings. The molecule has 1 aromatic carbocycles. The number of ketones is 1. The lowest BCUT2D eigenvalue weighted by atomic mass is 10.00. The van der Waals surface area contributed by atoms with Gasteiger partial charge in [-0.2, -0.15) is 0 Å². The third-order valence-electron chi connectivity index (χ3n) is 4.24. The van der Waals surface area contributed by atoms with Crippen molar-refractivity contribution in [2.24, 2.45) is 0 Å². The van der Waals surface area contributed by atoms with Gasteiger partial charge in [0.05, 0.1) is 11.6 Å². The molecule has 1 fully saturated rings. The van der Waals surface area contributed by atoms with E-state index in [4.69, 9.17) is 11.6 Å². The molecule has 0 aliphatic carbocycles. The quantitative estimate of drug-likeness (QED) is 0.483. The maximum absolute atomic E-state index is 12.7. The van der Waals surface area contributed by atoms with Crippen molar-refractivity contribution in [3.8, 4) is 0 Å². The van der Waals surface area contributed by atoms with E-state index >= 15 is 0 Å². The minimum absolute atomic E-state index is 0.110. The Morgan fingerprint density at radius 1 is 1.27 bits per heavy atom. The number of carbonyl (C=O) groups is 2. The summed E-state index contributed by atoms with van der Waals surface area (Å²) < 4.78 is 0.